The number of benzene rings is 1. The van der Waals surface area contributed by atoms with Gasteiger partial charge in [-0.05, 0) is 38.8 Å². The van der Waals surface area contributed by atoms with Crippen LogP contribution >= 0.6 is 0 Å². The van der Waals surface area contributed by atoms with Gasteiger partial charge in [0.25, 0.3) is 0 Å². The average molecular weight is 362 g/mol. The fourth-order valence-electron chi connectivity index (χ4n) is 3.67. The van der Waals surface area contributed by atoms with Gasteiger partial charge in [-0.1, -0.05) is 6.58 Å². The summed E-state index contributed by atoms with van der Waals surface area (Å²) in [4.78, 5) is 2.34. The smallest absolute Gasteiger partial charge is 0.0691 e. The molecule has 7 heteroatoms. The van der Waals surface area contributed by atoms with Crippen molar-refractivity contribution in [2.24, 2.45) is 0 Å². The van der Waals surface area contributed by atoms with E-state index in [1.807, 2.05) is 23.5 Å². The first kappa shape index (κ1) is 17.8. The van der Waals surface area contributed by atoms with Crippen molar-refractivity contribution in [3.63, 3.8) is 0 Å². The Morgan fingerprint density at radius 3 is 2.72 bits per heavy atom. The molecule has 136 valence electrons. The molecule has 1 aromatic carbocycles. The van der Waals surface area contributed by atoms with E-state index >= 15 is 0 Å². The van der Waals surface area contributed by atoms with Crippen molar-refractivity contribution in [1.29, 1.82) is 0 Å². The molecule has 3 rings (SSSR count). The van der Waals surface area contributed by atoms with Gasteiger partial charge in [0, 0.05) is 63.6 Å². The van der Waals surface area contributed by atoms with E-state index in [1.54, 1.807) is 6.26 Å². The average Bonchev–Trinajstić information content (AvgIpc) is 2.91. The Hall–Kier alpha value is -1.99. The summed E-state index contributed by atoms with van der Waals surface area (Å²) in [5.41, 5.74) is 3.74. The number of fused-ring (bicyclic) bond motifs is 1. The molecule has 1 aliphatic rings. The van der Waals surface area contributed by atoms with Crippen LogP contribution in [-0.2, 0) is 9.71 Å². The maximum atomic E-state index is 12.5. The summed E-state index contributed by atoms with van der Waals surface area (Å²) in [5.74, 6) is 3.88. The van der Waals surface area contributed by atoms with Gasteiger partial charge in [-0.15, -0.1) is 0 Å². The van der Waals surface area contributed by atoms with Crippen molar-refractivity contribution in [3.05, 3.63) is 30.6 Å². The van der Waals surface area contributed by atoms with E-state index in [0.717, 1.165) is 41.1 Å². The summed E-state index contributed by atoms with van der Waals surface area (Å²) in [6, 6.07) is 4.17. The largest absolute Gasteiger partial charge is 0.368 e. The zero-order valence-corrected chi connectivity index (χ0v) is 16.2. The Labute approximate surface area is 150 Å². The van der Waals surface area contributed by atoms with Gasteiger partial charge in [0.05, 0.1) is 11.7 Å². The molecule has 0 amide bonds. The maximum Gasteiger partial charge on any atom is 0.0691 e. The minimum absolute atomic E-state index is 0.236. The molecule has 1 aliphatic heterocycles. The van der Waals surface area contributed by atoms with E-state index in [4.69, 9.17) is 0 Å². The van der Waals surface area contributed by atoms with Crippen LogP contribution in [0.25, 0.3) is 10.9 Å². The lowest BCUT2D eigenvalue weighted by molar-refractivity contribution is 0.215. The zero-order valence-electron chi connectivity index (χ0n) is 15.4. The molecule has 0 saturated carbocycles. The maximum absolute atomic E-state index is 12.5. The van der Waals surface area contributed by atoms with Crippen molar-refractivity contribution in [2.45, 2.75) is 26.3 Å². The van der Waals surface area contributed by atoms with E-state index < -0.39 is 9.71 Å². The number of piperazine rings is 1. The third kappa shape index (κ3) is 3.52. The number of hydrogen-bond donors (Lipinski definition) is 2. The van der Waals surface area contributed by atoms with Crippen molar-refractivity contribution in [1.82, 2.24) is 14.5 Å². The van der Waals surface area contributed by atoms with Gasteiger partial charge in [-0.2, -0.15) is 5.10 Å². The van der Waals surface area contributed by atoms with E-state index in [9.17, 15) is 4.21 Å². The van der Waals surface area contributed by atoms with Crippen LogP contribution in [0.3, 0.4) is 0 Å². The van der Waals surface area contributed by atoms with Crippen LogP contribution in [0.1, 0.15) is 20.8 Å². The first-order valence-corrected chi connectivity index (χ1v) is 10.4. The molecule has 0 spiro atoms. The molecule has 0 radical (unpaired) electrons. The highest BCUT2D eigenvalue weighted by Crippen LogP contribution is 2.34. The molecule has 1 unspecified atom stereocenters. The van der Waals surface area contributed by atoms with E-state index in [-0.39, 0.29) is 5.54 Å². The zero-order chi connectivity index (χ0) is 18.4. The fourth-order valence-corrected chi connectivity index (χ4v) is 5.24. The minimum atomic E-state index is -2.23. The van der Waals surface area contributed by atoms with Crippen LogP contribution in [0.15, 0.2) is 30.6 Å². The highest BCUT2D eigenvalue weighted by molar-refractivity contribution is 7.97. The van der Waals surface area contributed by atoms with Gasteiger partial charge in [0.1, 0.15) is 0 Å². The predicted molar refractivity (Wildman–Crippen MR) is 109 cm³/mol. The first-order chi connectivity index (χ1) is 11.6. The number of allylic oxidation sites excluding steroid dienone is 1. The molecule has 0 bridgehead atoms. The van der Waals surface area contributed by atoms with Gasteiger partial charge in [-0.3, -0.25) is 9.31 Å². The number of aromatic amines is 1. The first-order valence-electron chi connectivity index (χ1n) is 8.32. The van der Waals surface area contributed by atoms with Crippen LogP contribution in [0.4, 0.5) is 11.4 Å². The summed E-state index contributed by atoms with van der Waals surface area (Å²) < 4.78 is 14.5. The molecule has 6 nitrogen and oxygen atoms in total. The van der Waals surface area contributed by atoms with Crippen LogP contribution in [0, 0.1) is 0 Å². The van der Waals surface area contributed by atoms with Crippen LogP contribution < -0.4 is 10.2 Å². The minimum Gasteiger partial charge on any atom is -0.368 e. The lowest BCUT2D eigenvalue weighted by Gasteiger charge is -2.48. The molecule has 1 fully saturated rings. The van der Waals surface area contributed by atoms with Crippen molar-refractivity contribution in [3.8, 4) is 0 Å². The second kappa shape index (κ2) is 6.07. The van der Waals surface area contributed by atoms with Gasteiger partial charge in [0.2, 0.25) is 0 Å². The summed E-state index contributed by atoms with van der Waals surface area (Å²) in [6.07, 6.45) is 3.58. The standard InChI is InChI=1S/C18H27N5OS/c1-13(2)20-14-9-16-15(11-19-21-16)17(10-14)22-7-8-23(25(5,6)24)18(3,4)12-22/h9-11,20H,1,5,7-8,12H2,2-4,6H3,(H,19,21). The quantitative estimate of drug-likeness (QED) is 0.822. The molecule has 2 heterocycles. The predicted octanol–water partition coefficient (Wildman–Crippen LogP) is 2.67. The third-order valence-corrected chi connectivity index (χ3v) is 6.14. The second-order valence-corrected chi connectivity index (χ2v) is 9.89. The Bertz CT molecular complexity index is 913. The van der Waals surface area contributed by atoms with E-state index in [1.165, 1.54) is 0 Å². The molecular formula is C18H27N5OS. The lowest BCUT2D eigenvalue weighted by atomic mass is 10.0. The summed E-state index contributed by atoms with van der Waals surface area (Å²) in [7, 11) is -2.23. The second-order valence-electron chi connectivity index (χ2n) is 7.53. The van der Waals surface area contributed by atoms with Gasteiger partial charge in [0.15, 0.2) is 0 Å². The van der Waals surface area contributed by atoms with Gasteiger partial charge < -0.3 is 10.2 Å². The summed E-state index contributed by atoms with van der Waals surface area (Å²) in [5, 5.41) is 11.6. The highest BCUT2D eigenvalue weighted by atomic mass is 32.2. The molecular weight excluding hydrogens is 334 g/mol. The lowest BCUT2D eigenvalue weighted by Crippen LogP contribution is -2.60. The molecule has 2 N–H and O–H groups in total. The van der Waals surface area contributed by atoms with Crippen LogP contribution in [0.2, 0.25) is 0 Å². The molecule has 0 aliphatic carbocycles. The molecule has 1 atom stereocenters. The Morgan fingerprint density at radius 1 is 1.40 bits per heavy atom. The van der Waals surface area contributed by atoms with E-state index in [2.05, 4.69) is 52.8 Å². The number of nitrogens with zero attached hydrogens (tertiary/aromatic N) is 3. The number of H-pyrrole nitrogens is 1. The molecule has 25 heavy (non-hydrogen) atoms. The third-order valence-electron chi connectivity index (χ3n) is 4.53. The number of anilines is 2. The highest BCUT2D eigenvalue weighted by Gasteiger charge is 2.37. The monoisotopic (exact) mass is 361 g/mol. The van der Waals surface area contributed by atoms with Gasteiger partial charge >= 0.3 is 0 Å². The van der Waals surface area contributed by atoms with Crippen molar-refractivity contribution >= 4 is 37.9 Å². The number of nitrogens with one attached hydrogen (secondary N) is 2. The van der Waals surface area contributed by atoms with Gasteiger partial charge in [-0.25, -0.2) is 4.31 Å². The number of rotatable bonds is 4. The fraction of sp³-hybridized carbons (Fsp3) is 0.444. The van der Waals surface area contributed by atoms with E-state index in [0.29, 0.717) is 6.54 Å². The normalized spacial score (nSPS) is 20.4. The van der Waals surface area contributed by atoms with Crippen molar-refractivity contribution < 1.29 is 4.21 Å². The SMILES string of the molecule is C=C(C)Nc1cc(N2CCN(S(=C)(C)=O)C(C)(C)C2)c2cn[nH]c2c1. The Kier molecular flexibility index (Phi) is 4.33. The molecule has 2 aromatic rings. The van der Waals surface area contributed by atoms with Crippen LogP contribution in [-0.4, -0.2) is 56.0 Å². The number of hydrogen-bond acceptors (Lipinski definition) is 4. The summed E-state index contributed by atoms with van der Waals surface area (Å²) >= 11 is 0. The molecule has 1 aromatic heterocycles. The topological polar surface area (TPSA) is 64.3 Å². The number of aromatic nitrogens is 2. The van der Waals surface area contributed by atoms with Crippen molar-refractivity contribution in [2.75, 3.05) is 36.1 Å². The summed E-state index contributed by atoms with van der Waals surface area (Å²) in [6.45, 7) is 12.4. The Balaban J connectivity index is 1.99. The molecule has 1 saturated heterocycles. The van der Waals surface area contributed by atoms with Crippen LogP contribution in [0.5, 0.6) is 0 Å². The Morgan fingerprint density at radius 2 is 2.12 bits per heavy atom.